The fourth-order valence-corrected chi connectivity index (χ4v) is 5.99. The molecule has 4 rings (SSSR count). The second-order valence-corrected chi connectivity index (χ2v) is 10.9. The molecule has 2 fully saturated rings. The number of hydrogen-bond donors (Lipinski definition) is 2. The number of aromatic nitrogens is 1. The Labute approximate surface area is 199 Å². The molecule has 0 bridgehead atoms. The average Bonchev–Trinajstić information content (AvgIpc) is 3.39. The van der Waals surface area contributed by atoms with Gasteiger partial charge in [-0.1, -0.05) is 17.7 Å². The molecule has 0 spiro atoms. The Morgan fingerprint density at radius 3 is 2.48 bits per heavy atom. The SMILES string of the molecule is O=C(NCc1ccc(N2CCC(CO)CC2)nc1)c1cc(S(=O)(=O)N2CCCC2)ccc1Cl. The number of piperidine rings is 1. The van der Waals surface area contributed by atoms with Crippen molar-refractivity contribution in [3.63, 3.8) is 0 Å². The molecule has 2 aliphatic heterocycles. The van der Waals surface area contributed by atoms with E-state index in [4.69, 9.17) is 11.6 Å². The topological polar surface area (TPSA) is 103 Å². The van der Waals surface area contributed by atoms with Crippen LogP contribution in [0, 0.1) is 5.92 Å². The van der Waals surface area contributed by atoms with Gasteiger partial charge in [0.1, 0.15) is 5.82 Å². The highest BCUT2D eigenvalue weighted by atomic mass is 35.5. The Balaban J connectivity index is 1.39. The smallest absolute Gasteiger partial charge is 0.253 e. The molecule has 1 aromatic heterocycles. The number of carbonyl (C=O) groups is 1. The number of carbonyl (C=O) groups excluding carboxylic acids is 1. The van der Waals surface area contributed by atoms with Crippen molar-refractivity contribution in [3.8, 4) is 0 Å². The monoisotopic (exact) mass is 492 g/mol. The molecule has 0 aliphatic carbocycles. The van der Waals surface area contributed by atoms with Gasteiger partial charge in [0.05, 0.1) is 15.5 Å². The number of anilines is 1. The number of aliphatic hydroxyl groups is 1. The zero-order chi connectivity index (χ0) is 23.4. The molecule has 178 valence electrons. The number of sulfonamides is 1. The number of amides is 1. The normalized spacial score (nSPS) is 17.9. The maximum atomic E-state index is 12.8. The van der Waals surface area contributed by atoms with Gasteiger partial charge < -0.3 is 15.3 Å². The maximum Gasteiger partial charge on any atom is 0.253 e. The zero-order valence-corrected chi connectivity index (χ0v) is 20.0. The molecule has 2 aliphatic rings. The third-order valence-electron chi connectivity index (χ3n) is 6.34. The van der Waals surface area contributed by atoms with E-state index in [0.717, 1.165) is 50.2 Å². The van der Waals surface area contributed by atoms with Crippen molar-refractivity contribution >= 4 is 33.3 Å². The predicted octanol–water partition coefficient (Wildman–Crippen LogP) is 2.66. The highest BCUT2D eigenvalue weighted by Gasteiger charge is 2.28. The van der Waals surface area contributed by atoms with Gasteiger partial charge in [0.25, 0.3) is 5.91 Å². The van der Waals surface area contributed by atoms with Crippen LogP contribution in [0.4, 0.5) is 5.82 Å². The zero-order valence-electron chi connectivity index (χ0n) is 18.4. The van der Waals surface area contributed by atoms with Crippen molar-refractivity contribution in [2.75, 3.05) is 37.7 Å². The molecular weight excluding hydrogens is 464 g/mol. The second-order valence-electron chi connectivity index (χ2n) is 8.57. The summed E-state index contributed by atoms with van der Waals surface area (Å²) in [4.78, 5) is 19.5. The van der Waals surface area contributed by atoms with Gasteiger partial charge in [0.2, 0.25) is 10.0 Å². The Hall–Kier alpha value is -2.20. The minimum atomic E-state index is -3.63. The van der Waals surface area contributed by atoms with E-state index in [0.29, 0.717) is 19.0 Å². The average molecular weight is 493 g/mol. The van der Waals surface area contributed by atoms with Gasteiger partial charge in [-0.05, 0) is 61.4 Å². The summed E-state index contributed by atoms with van der Waals surface area (Å²) in [5.74, 6) is 0.810. The van der Waals surface area contributed by atoms with Crippen molar-refractivity contribution in [1.82, 2.24) is 14.6 Å². The van der Waals surface area contributed by atoms with Crippen LogP contribution in [0.25, 0.3) is 0 Å². The highest BCUT2D eigenvalue weighted by Crippen LogP contribution is 2.26. The van der Waals surface area contributed by atoms with E-state index in [-0.39, 0.29) is 28.6 Å². The first-order chi connectivity index (χ1) is 15.9. The first kappa shape index (κ1) is 23.9. The Morgan fingerprint density at radius 1 is 1.12 bits per heavy atom. The van der Waals surface area contributed by atoms with Gasteiger partial charge in [-0.2, -0.15) is 4.31 Å². The molecule has 0 atom stereocenters. The van der Waals surface area contributed by atoms with Gasteiger partial charge in [0.15, 0.2) is 0 Å². The van der Waals surface area contributed by atoms with Crippen LogP contribution in [0.1, 0.15) is 41.6 Å². The van der Waals surface area contributed by atoms with Gasteiger partial charge in [0, 0.05) is 45.5 Å². The van der Waals surface area contributed by atoms with E-state index in [9.17, 15) is 18.3 Å². The lowest BCUT2D eigenvalue weighted by Gasteiger charge is -2.32. The van der Waals surface area contributed by atoms with Crippen molar-refractivity contribution in [2.45, 2.75) is 37.1 Å². The van der Waals surface area contributed by atoms with Gasteiger partial charge >= 0.3 is 0 Å². The van der Waals surface area contributed by atoms with Crippen LogP contribution in [-0.2, 0) is 16.6 Å². The minimum Gasteiger partial charge on any atom is -0.396 e. The third-order valence-corrected chi connectivity index (χ3v) is 8.57. The van der Waals surface area contributed by atoms with E-state index < -0.39 is 15.9 Å². The number of benzene rings is 1. The molecule has 8 nitrogen and oxygen atoms in total. The summed E-state index contributed by atoms with van der Waals surface area (Å²) in [5.41, 5.74) is 0.961. The minimum absolute atomic E-state index is 0.0786. The molecule has 0 unspecified atom stereocenters. The van der Waals surface area contributed by atoms with Crippen LogP contribution in [0.3, 0.4) is 0 Å². The summed E-state index contributed by atoms with van der Waals surface area (Å²) >= 11 is 6.21. The Morgan fingerprint density at radius 2 is 1.85 bits per heavy atom. The summed E-state index contributed by atoms with van der Waals surface area (Å²) in [6, 6.07) is 8.09. The number of rotatable bonds is 7. The van der Waals surface area contributed by atoms with Crippen molar-refractivity contribution in [3.05, 3.63) is 52.7 Å². The molecule has 0 radical (unpaired) electrons. The van der Waals surface area contributed by atoms with Crippen LogP contribution in [0.2, 0.25) is 5.02 Å². The van der Waals surface area contributed by atoms with Gasteiger partial charge in [-0.15, -0.1) is 0 Å². The number of nitrogens with one attached hydrogen (secondary N) is 1. The molecule has 2 saturated heterocycles. The van der Waals surface area contributed by atoms with Gasteiger partial charge in [-0.25, -0.2) is 13.4 Å². The number of aliphatic hydroxyl groups excluding tert-OH is 1. The fraction of sp³-hybridized carbons (Fsp3) is 0.478. The van der Waals surface area contributed by atoms with Crippen LogP contribution in [-0.4, -0.2) is 61.5 Å². The molecule has 2 aromatic rings. The summed E-state index contributed by atoms with van der Waals surface area (Å²) in [5, 5.41) is 12.3. The summed E-state index contributed by atoms with van der Waals surface area (Å²) in [6.45, 7) is 3.20. The summed E-state index contributed by atoms with van der Waals surface area (Å²) in [6.07, 6.45) is 5.30. The van der Waals surface area contributed by atoms with Crippen molar-refractivity contribution in [2.24, 2.45) is 5.92 Å². The van der Waals surface area contributed by atoms with Crippen LogP contribution in [0.15, 0.2) is 41.4 Å². The lowest BCUT2D eigenvalue weighted by molar-refractivity contribution is 0.0951. The largest absolute Gasteiger partial charge is 0.396 e. The first-order valence-corrected chi connectivity index (χ1v) is 13.1. The molecule has 10 heteroatoms. The molecule has 1 aromatic carbocycles. The van der Waals surface area contributed by atoms with E-state index in [1.165, 1.54) is 22.5 Å². The molecule has 1 amide bonds. The molecule has 33 heavy (non-hydrogen) atoms. The van der Waals surface area contributed by atoms with E-state index >= 15 is 0 Å². The Bertz CT molecular complexity index is 1080. The van der Waals surface area contributed by atoms with E-state index in [1.807, 2.05) is 12.1 Å². The standard InChI is InChI=1S/C23H29ClN4O4S/c24-21-5-4-19(33(31,32)28-9-1-2-10-28)13-20(21)23(30)26-15-18-3-6-22(25-14-18)27-11-7-17(16-29)8-12-27/h3-6,13-14,17,29H,1-2,7-12,15-16H2,(H,26,30). The molecule has 3 heterocycles. The summed E-state index contributed by atoms with van der Waals surface area (Å²) in [7, 11) is -3.63. The number of hydrogen-bond acceptors (Lipinski definition) is 6. The molecule has 2 N–H and O–H groups in total. The first-order valence-electron chi connectivity index (χ1n) is 11.3. The quantitative estimate of drug-likeness (QED) is 0.616. The van der Waals surface area contributed by atoms with Crippen molar-refractivity contribution < 1.29 is 18.3 Å². The lowest BCUT2D eigenvalue weighted by Crippen LogP contribution is -2.35. The third kappa shape index (κ3) is 5.48. The number of nitrogens with zero attached hydrogens (tertiary/aromatic N) is 3. The van der Waals surface area contributed by atoms with E-state index in [1.54, 1.807) is 6.20 Å². The van der Waals surface area contributed by atoms with Crippen LogP contribution in [0.5, 0.6) is 0 Å². The van der Waals surface area contributed by atoms with Crippen LogP contribution >= 0.6 is 11.6 Å². The Kier molecular flexibility index (Phi) is 7.53. The fourth-order valence-electron chi connectivity index (χ4n) is 4.25. The molecule has 0 saturated carbocycles. The molecular formula is C23H29ClN4O4S. The number of pyridine rings is 1. The number of halogens is 1. The van der Waals surface area contributed by atoms with Gasteiger partial charge in [-0.3, -0.25) is 4.79 Å². The lowest BCUT2D eigenvalue weighted by atomic mass is 9.98. The highest BCUT2D eigenvalue weighted by molar-refractivity contribution is 7.89. The predicted molar refractivity (Wildman–Crippen MR) is 127 cm³/mol. The van der Waals surface area contributed by atoms with Crippen molar-refractivity contribution in [1.29, 1.82) is 0 Å². The van der Waals surface area contributed by atoms with Crippen LogP contribution < -0.4 is 10.2 Å². The maximum absolute atomic E-state index is 12.8. The summed E-state index contributed by atoms with van der Waals surface area (Å²) < 4.78 is 27.1. The van der Waals surface area contributed by atoms with E-state index in [2.05, 4.69) is 15.2 Å². The second kappa shape index (κ2) is 10.4.